The Hall–Kier alpha value is 0.619. The summed E-state index contributed by atoms with van der Waals surface area (Å²) in [7, 11) is 0. The summed E-state index contributed by atoms with van der Waals surface area (Å²) in [6.45, 7) is 3.48. The molecule has 0 aromatic rings. The molecule has 0 heterocycles. The van der Waals surface area contributed by atoms with Crippen molar-refractivity contribution in [3.8, 4) is 0 Å². The maximum Gasteiger partial charge on any atom is 0.375 e. The summed E-state index contributed by atoms with van der Waals surface area (Å²) in [4.78, 5) is 20.8. The zero-order chi connectivity index (χ0) is 8.15. The molecule has 0 rings (SSSR count). The van der Waals surface area contributed by atoms with E-state index in [1.165, 1.54) is 0 Å². The van der Waals surface area contributed by atoms with Gasteiger partial charge in [0.25, 0.3) is 5.78 Å². The van der Waals surface area contributed by atoms with Gasteiger partial charge in [0, 0.05) is 17.1 Å². The Morgan fingerprint density at radius 2 is 1.92 bits per heavy atom. The summed E-state index contributed by atoms with van der Waals surface area (Å²) in [5.74, 6) is -1.31. The minimum Gasteiger partial charge on any atom is -0.460 e. The number of ketones is 1. The Morgan fingerprint density at radius 3 is 2.17 bits per heavy atom. The SMILES string of the molecule is Br.CCOC(=O)C(=O)C(C)Br.[Cu]. The number of alkyl halides is 1. The molecule has 12 heavy (non-hydrogen) atoms. The van der Waals surface area contributed by atoms with Crippen LogP contribution in [0.15, 0.2) is 0 Å². The predicted molar refractivity (Wildman–Crippen MR) is 50.4 cm³/mol. The number of ether oxygens (including phenoxy) is 1. The van der Waals surface area contributed by atoms with E-state index in [0.29, 0.717) is 0 Å². The van der Waals surface area contributed by atoms with E-state index in [-0.39, 0.29) is 40.7 Å². The van der Waals surface area contributed by atoms with E-state index in [9.17, 15) is 9.59 Å². The first-order valence-electron chi connectivity index (χ1n) is 2.94. The van der Waals surface area contributed by atoms with E-state index >= 15 is 0 Å². The van der Waals surface area contributed by atoms with Crippen LogP contribution in [0.2, 0.25) is 0 Å². The van der Waals surface area contributed by atoms with Crippen molar-refractivity contribution >= 4 is 44.7 Å². The number of Topliss-reactive ketones (excluding diaryl/α,β-unsaturated/α-hetero) is 1. The number of hydrogen-bond acceptors (Lipinski definition) is 3. The fraction of sp³-hybridized carbons (Fsp3) is 0.667. The number of hydrogen-bond donors (Lipinski definition) is 0. The minimum atomic E-state index is -0.771. The molecule has 0 fully saturated rings. The van der Waals surface area contributed by atoms with Gasteiger partial charge >= 0.3 is 5.97 Å². The van der Waals surface area contributed by atoms with Crippen molar-refractivity contribution in [2.24, 2.45) is 0 Å². The van der Waals surface area contributed by atoms with Gasteiger partial charge in [-0.1, -0.05) is 15.9 Å². The molecule has 0 aromatic heterocycles. The van der Waals surface area contributed by atoms with E-state index in [1.54, 1.807) is 13.8 Å². The van der Waals surface area contributed by atoms with Crippen LogP contribution in [0, 0.1) is 0 Å². The molecule has 0 aliphatic heterocycles. The molecule has 0 aliphatic carbocycles. The smallest absolute Gasteiger partial charge is 0.375 e. The molecular weight excluding hydrogens is 343 g/mol. The van der Waals surface area contributed by atoms with Crippen molar-refractivity contribution < 1.29 is 31.4 Å². The van der Waals surface area contributed by atoms with E-state index < -0.39 is 16.6 Å². The molecule has 0 saturated carbocycles. The molecule has 0 bridgehead atoms. The second-order valence-corrected chi connectivity index (χ2v) is 3.07. The van der Waals surface area contributed by atoms with Crippen molar-refractivity contribution in [1.29, 1.82) is 0 Å². The third-order valence-electron chi connectivity index (χ3n) is 0.838. The minimum absolute atomic E-state index is 0. The molecule has 1 atom stereocenters. The van der Waals surface area contributed by atoms with Crippen molar-refractivity contribution in [2.45, 2.75) is 18.7 Å². The van der Waals surface area contributed by atoms with Crippen molar-refractivity contribution in [3.05, 3.63) is 0 Å². The average molecular weight is 353 g/mol. The Labute approximate surface area is 101 Å². The molecular formula is C6H10Br2CuO3. The van der Waals surface area contributed by atoms with Gasteiger partial charge in [-0.3, -0.25) is 4.79 Å². The Balaban J connectivity index is -0.000000405. The first kappa shape index (κ1) is 18.4. The first-order chi connectivity index (χ1) is 4.59. The molecule has 0 aliphatic rings. The van der Waals surface area contributed by atoms with Crippen LogP contribution in [0.1, 0.15) is 13.8 Å². The fourth-order valence-electron chi connectivity index (χ4n) is 0.365. The van der Waals surface area contributed by atoms with E-state index in [2.05, 4.69) is 20.7 Å². The number of halogens is 2. The van der Waals surface area contributed by atoms with Crippen LogP contribution in [0.4, 0.5) is 0 Å². The van der Waals surface area contributed by atoms with Gasteiger partial charge in [0.2, 0.25) is 0 Å². The van der Waals surface area contributed by atoms with E-state index in [4.69, 9.17) is 0 Å². The van der Waals surface area contributed by atoms with Gasteiger partial charge < -0.3 is 4.74 Å². The van der Waals surface area contributed by atoms with Gasteiger partial charge in [-0.15, -0.1) is 17.0 Å². The summed E-state index contributed by atoms with van der Waals surface area (Å²) >= 11 is 2.96. The molecule has 0 N–H and O–H groups in total. The summed E-state index contributed by atoms with van der Waals surface area (Å²) in [6, 6.07) is 0. The molecule has 0 spiro atoms. The van der Waals surface area contributed by atoms with Crippen LogP contribution in [-0.4, -0.2) is 23.2 Å². The van der Waals surface area contributed by atoms with Gasteiger partial charge in [-0.25, -0.2) is 4.79 Å². The van der Waals surface area contributed by atoms with Crippen LogP contribution in [0.25, 0.3) is 0 Å². The number of rotatable bonds is 3. The van der Waals surface area contributed by atoms with Crippen molar-refractivity contribution in [3.63, 3.8) is 0 Å². The largest absolute Gasteiger partial charge is 0.460 e. The molecule has 0 aromatic carbocycles. The Morgan fingerprint density at radius 1 is 1.50 bits per heavy atom. The van der Waals surface area contributed by atoms with E-state index in [0.717, 1.165) is 0 Å². The second-order valence-electron chi connectivity index (χ2n) is 1.70. The maximum atomic E-state index is 10.7. The molecule has 77 valence electrons. The molecule has 0 saturated heterocycles. The monoisotopic (exact) mass is 351 g/mol. The number of carbonyl (C=O) groups is 2. The zero-order valence-electron chi connectivity index (χ0n) is 6.60. The predicted octanol–water partition coefficient (Wildman–Crippen LogP) is 1.48. The van der Waals surface area contributed by atoms with Crippen LogP contribution >= 0.6 is 32.9 Å². The molecule has 0 amide bonds. The van der Waals surface area contributed by atoms with Crippen LogP contribution in [0.5, 0.6) is 0 Å². The van der Waals surface area contributed by atoms with Gasteiger partial charge in [0.15, 0.2) is 0 Å². The van der Waals surface area contributed by atoms with Crippen molar-refractivity contribution in [2.75, 3.05) is 6.61 Å². The Bertz CT molecular complexity index is 150. The molecule has 6 heteroatoms. The normalized spacial score (nSPS) is 10.2. The maximum absolute atomic E-state index is 10.7. The summed E-state index contributed by atoms with van der Waals surface area (Å²) in [6.07, 6.45) is 0. The third-order valence-corrected chi connectivity index (χ3v) is 1.25. The zero-order valence-corrected chi connectivity index (χ0v) is 10.8. The number of esters is 1. The quantitative estimate of drug-likeness (QED) is 0.334. The number of carbonyl (C=O) groups excluding carboxylic acids is 2. The first-order valence-corrected chi connectivity index (χ1v) is 3.86. The van der Waals surface area contributed by atoms with Crippen LogP contribution in [-0.2, 0) is 31.4 Å². The van der Waals surface area contributed by atoms with Crippen LogP contribution in [0.3, 0.4) is 0 Å². The fourth-order valence-corrected chi connectivity index (χ4v) is 0.552. The van der Waals surface area contributed by atoms with Gasteiger partial charge in [0.1, 0.15) is 0 Å². The van der Waals surface area contributed by atoms with E-state index in [1.807, 2.05) is 0 Å². The standard InChI is InChI=1S/C6H9BrO3.BrH.Cu/c1-3-10-6(9)5(8)4(2)7;;/h4H,3H2,1-2H3;1H;. The van der Waals surface area contributed by atoms with Crippen LogP contribution < -0.4 is 0 Å². The third kappa shape index (κ3) is 7.28. The van der Waals surface area contributed by atoms with Gasteiger partial charge in [-0.2, -0.15) is 0 Å². The Kier molecular flexibility index (Phi) is 14.9. The summed E-state index contributed by atoms with van der Waals surface area (Å²) < 4.78 is 4.45. The average Bonchev–Trinajstić information content (AvgIpc) is 1.87. The van der Waals surface area contributed by atoms with Crippen molar-refractivity contribution in [1.82, 2.24) is 0 Å². The van der Waals surface area contributed by atoms with Gasteiger partial charge in [0.05, 0.1) is 11.4 Å². The molecule has 3 nitrogen and oxygen atoms in total. The van der Waals surface area contributed by atoms with Gasteiger partial charge in [-0.05, 0) is 13.8 Å². The molecule has 1 radical (unpaired) electrons. The topological polar surface area (TPSA) is 43.4 Å². The molecule has 1 unspecified atom stereocenters. The summed E-state index contributed by atoms with van der Waals surface area (Å²) in [5.41, 5.74) is 0. The summed E-state index contributed by atoms with van der Waals surface area (Å²) in [5, 5.41) is 0. The second kappa shape index (κ2) is 9.71.